The number of carbonyl (C=O) groups is 2. The third-order valence-electron chi connectivity index (χ3n) is 5.17. The van der Waals surface area contributed by atoms with Crippen LogP contribution in [0.3, 0.4) is 0 Å². The van der Waals surface area contributed by atoms with Crippen LogP contribution in [0.15, 0.2) is 30.3 Å². The molecule has 0 saturated carbocycles. The Bertz CT molecular complexity index is 592. The number of para-hydroxylation sites is 1. The number of halogens is 1. The minimum absolute atomic E-state index is 0. The van der Waals surface area contributed by atoms with Gasteiger partial charge in [0.1, 0.15) is 0 Å². The van der Waals surface area contributed by atoms with Crippen molar-refractivity contribution in [2.24, 2.45) is 0 Å². The summed E-state index contributed by atoms with van der Waals surface area (Å²) in [4.78, 5) is 31.2. The Hall–Kier alpha value is -1.63. The third-order valence-corrected chi connectivity index (χ3v) is 5.17. The van der Waals surface area contributed by atoms with E-state index in [1.807, 2.05) is 40.1 Å². The summed E-state index contributed by atoms with van der Waals surface area (Å²) in [5, 5.41) is 3.26. The van der Waals surface area contributed by atoms with E-state index in [4.69, 9.17) is 0 Å². The van der Waals surface area contributed by atoms with Crippen molar-refractivity contribution >= 4 is 29.9 Å². The van der Waals surface area contributed by atoms with E-state index in [0.29, 0.717) is 13.0 Å². The molecule has 2 aliphatic rings. The molecule has 2 heterocycles. The van der Waals surface area contributed by atoms with Crippen molar-refractivity contribution in [2.75, 3.05) is 50.7 Å². The Balaban J connectivity index is 0.00000243. The second kappa shape index (κ2) is 9.90. The largest absolute Gasteiger partial charge is 0.340 e. The van der Waals surface area contributed by atoms with Gasteiger partial charge in [-0.1, -0.05) is 25.1 Å². The number of hydrogen-bond donors (Lipinski definition) is 1. The van der Waals surface area contributed by atoms with E-state index in [1.165, 1.54) is 0 Å². The maximum Gasteiger partial charge on any atom is 0.244 e. The number of nitrogens with zero attached hydrogens (tertiary/aromatic N) is 3. The molecule has 0 spiro atoms. The molecule has 0 aromatic heterocycles. The smallest absolute Gasteiger partial charge is 0.244 e. The lowest BCUT2D eigenvalue weighted by Gasteiger charge is -2.30. The summed E-state index contributed by atoms with van der Waals surface area (Å²) in [6.07, 6.45) is 1.31. The number of nitrogens with one attached hydrogen (secondary N) is 1. The van der Waals surface area contributed by atoms with Crippen LogP contribution in [0.1, 0.15) is 19.8 Å². The van der Waals surface area contributed by atoms with Gasteiger partial charge in [0.05, 0.1) is 6.04 Å². The van der Waals surface area contributed by atoms with Crippen molar-refractivity contribution in [3.05, 3.63) is 30.3 Å². The molecule has 26 heavy (non-hydrogen) atoms. The number of anilines is 1. The average Bonchev–Trinajstić information content (AvgIpc) is 3.05. The van der Waals surface area contributed by atoms with Gasteiger partial charge in [-0.15, -0.1) is 12.4 Å². The lowest BCUT2D eigenvalue weighted by molar-refractivity contribution is -0.132. The number of carbonyl (C=O) groups excluding carboxylic acids is 2. The van der Waals surface area contributed by atoms with E-state index >= 15 is 0 Å². The van der Waals surface area contributed by atoms with Crippen molar-refractivity contribution < 1.29 is 9.59 Å². The monoisotopic (exact) mass is 380 g/mol. The standard InChI is InChI=1S/C19H28N4O2.ClH/c1-2-21(12-9-18(24)22-14-10-20-11-15-22)17-8-13-23(19(17)25)16-6-4-3-5-7-16;/h3-7,17,20H,2,8-15H2,1H3;1H. The first-order valence-electron chi connectivity index (χ1n) is 9.29. The maximum absolute atomic E-state index is 12.8. The molecule has 1 atom stereocenters. The van der Waals surface area contributed by atoms with Crippen molar-refractivity contribution in [1.82, 2.24) is 15.1 Å². The van der Waals surface area contributed by atoms with Crippen LogP contribution in [0, 0.1) is 0 Å². The van der Waals surface area contributed by atoms with Crippen LogP contribution >= 0.6 is 12.4 Å². The number of rotatable bonds is 6. The van der Waals surface area contributed by atoms with E-state index in [2.05, 4.69) is 17.1 Å². The molecular weight excluding hydrogens is 352 g/mol. The third kappa shape index (κ3) is 4.75. The summed E-state index contributed by atoms with van der Waals surface area (Å²) in [6, 6.07) is 9.72. The predicted octanol–water partition coefficient (Wildman–Crippen LogP) is 1.36. The molecule has 2 amide bonds. The lowest BCUT2D eigenvalue weighted by atomic mass is 10.2. The minimum Gasteiger partial charge on any atom is -0.340 e. The molecule has 1 unspecified atom stereocenters. The molecule has 0 bridgehead atoms. The average molecular weight is 381 g/mol. The highest BCUT2D eigenvalue weighted by atomic mass is 35.5. The van der Waals surface area contributed by atoms with Crippen LogP contribution in [0.25, 0.3) is 0 Å². The van der Waals surface area contributed by atoms with Crippen LogP contribution in [0.5, 0.6) is 0 Å². The van der Waals surface area contributed by atoms with Gasteiger partial charge in [-0.2, -0.15) is 0 Å². The topological polar surface area (TPSA) is 55.9 Å². The summed E-state index contributed by atoms with van der Waals surface area (Å²) in [5.74, 6) is 0.355. The molecule has 2 saturated heterocycles. The van der Waals surface area contributed by atoms with Crippen LogP contribution in [0.2, 0.25) is 0 Å². The van der Waals surface area contributed by atoms with Gasteiger partial charge in [-0.3, -0.25) is 14.5 Å². The summed E-state index contributed by atoms with van der Waals surface area (Å²) in [6.45, 7) is 7.56. The number of amides is 2. The van der Waals surface area contributed by atoms with Crippen molar-refractivity contribution in [2.45, 2.75) is 25.8 Å². The maximum atomic E-state index is 12.8. The second-order valence-corrected chi connectivity index (χ2v) is 6.64. The molecule has 0 aliphatic carbocycles. The molecule has 3 rings (SSSR count). The van der Waals surface area contributed by atoms with E-state index in [0.717, 1.165) is 51.4 Å². The second-order valence-electron chi connectivity index (χ2n) is 6.64. The van der Waals surface area contributed by atoms with Crippen molar-refractivity contribution in [3.8, 4) is 0 Å². The zero-order chi connectivity index (χ0) is 17.6. The van der Waals surface area contributed by atoms with Gasteiger partial charge in [0.2, 0.25) is 11.8 Å². The molecule has 2 fully saturated rings. The first-order chi connectivity index (χ1) is 12.2. The SMILES string of the molecule is CCN(CCC(=O)N1CCNCC1)C1CCN(c2ccccc2)C1=O.Cl. The highest BCUT2D eigenvalue weighted by Crippen LogP contribution is 2.24. The van der Waals surface area contributed by atoms with Gasteiger partial charge < -0.3 is 15.1 Å². The Morgan fingerprint density at radius 1 is 1.19 bits per heavy atom. The molecule has 1 N–H and O–H groups in total. The summed E-state index contributed by atoms with van der Waals surface area (Å²) >= 11 is 0. The minimum atomic E-state index is -0.110. The molecule has 6 nitrogen and oxygen atoms in total. The first kappa shape index (κ1) is 20.7. The van der Waals surface area contributed by atoms with Crippen molar-refractivity contribution in [3.63, 3.8) is 0 Å². The van der Waals surface area contributed by atoms with E-state index in [9.17, 15) is 9.59 Å². The number of likely N-dealkylation sites (N-methyl/N-ethyl adjacent to an activating group) is 1. The van der Waals surface area contributed by atoms with Crippen LogP contribution in [0.4, 0.5) is 5.69 Å². The van der Waals surface area contributed by atoms with Gasteiger partial charge in [-0.05, 0) is 25.1 Å². The fraction of sp³-hybridized carbons (Fsp3) is 0.579. The molecular formula is C19H29ClN4O2. The van der Waals surface area contributed by atoms with Gasteiger partial charge >= 0.3 is 0 Å². The number of benzene rings is 1. The molecule has 1 aromatic carbocycles. The van der Waals surface area contributed by atoms with E-state index in [-0.39, 0.29) is 30.3 Å². The number of piperazine rings is 1. The Morgan fingerprint density at radius 2 is 1.88 bits per heavy atom. The molecule has 1 aromatic rings. The van der Waals surface area contributed by atoms with E-state index in [1.54, 1.807) is 0 Å². The van der Waals surface area contributed by atoms with Crippen LogP contribution < -0.4 is 10.2 Å². The van der Waals surface area contributed by atoms with Gasteiger partial charge in [0, 0.05) is 51.4 Å². The van der Waals surface area contributed by atoms with Crippen LogP contribution in [-0.2, 0) is 9.59 Å². The zero-order valence-electron chi connectivity index (χ0n) is 15.4. The lowest BCUT2D eigenvalue weighted by Crippen LogP contribution is -2.48. The number of hydrogen-bond acceptors (Lipinski definition) is 4. The molecule has 7 heteroatoms. The Morgan fingerprint density at radius 3 is 2.54 bits per heavy atom. The van der Waals surface area contributed by atoms with E-state index < -0.39 is 0 Å². The fourth-order valence-corrected chi connectivity index (χ4v) is 3.71. The molecule has 144 valence electrons. The highest BCUT2D eigenvalue weighted by molar-refractivity contribution is 5.99. The quantitative estimate of drug-likeness (QED) is 0.809. The first-order valence-corrected chi connectivity index (χ1v) is 9.29. The van der Waals surface area contributed by atoms with Gasteiger partial charge in [0.25, 0.3) is 0 Å². The van der Waals surface area contributed by atoms with Gasteiger partial charge in [-0.25, -0.2) is 0 Å². The summed E-state index contributed by atoms with van der Waals surface area (Å²) < 4.78 is 0. The van der Waals surface area contributed by atoms with Crippen LogP contribution in [-0.4, -0.2) is 73.5 Å². The highest BCUT2D eigenvalue weighted by Gasteiger charge is 2.36. The molecule has 0 radical (unpaired) electrons. The Labute approximate surface area is 161 Å². The zero-order valence-corrected chi connectivity index (χ0v) is 16.2. The summed E-state index contributed by atoms with van der Waals surface area (Å²) in [5.41, 5.74) is 0.961. The molecule has 2 aliphatic heterocycles. The van der Waals surface area contributed by atoms with Crippen molar-refractivity contribution in [1.29, 1.82) is 0 Å². The normalized spacial score (nSPS) is 20.4. The Kier molecular flexibility index (Phi) is 7.87. The van der Waals surface area contributed by atoms with Gasteiger partial charge in [0.15, 0.2) is 0 Å². The fourth-order valence-electron chi connectivity index (χ4n) is 3.71. The predicted molar refractivity (Wildman–Crippen MR) is 106 cm³/mol. The summed E-state index contributed by atoms with van der Waals surface area (Å²) in [7, 11) is 0.